The molecule has 166 valence electrons. The molecule has 0 N–H and O–H groups in total. The Morgan fingerprint density at radius 1 is 1.03 bits per heavy atom. The second-order valence-electron chi connectivity index (χ2n) is 8.01. The predicted octanol–water partition coefficient (Wildman–Crippen LogP) is 3.01. The maximum absolute atomic E-state index is 13.1. The van der Waals surface area contributed by atoms with E-state index in [0.29, 0.717) is 18.8 Å². The zero-order chi connectivity index (χ0) is 22.4. The number of hydrogen-bond acceptors (Lipinski definition) is 4. The van der Waals surface area contributed by atoms with E-state index in [1.54, 1.807) is 24.0 Å². The van der Waals surface area contributed by atoms with E-state index in [1.165, 1.54) is 9.87 Å². The monoisotopic (exact) mass is 441 g/mol. The molecule has 2 aromatic rings. The Labute approximate surface area is 185 Å². The molecule has 1 fully saturated rings. The molecule has 1 amide bonds. The molecule has 0 saturated carbocycles. The lowest BCUT2D eigenvalue weighted by Crippen LogP contribution is -2.55. The highest BCUT2D eigenvalue weighted by Gasteiger charge is 2.33. The molecule has 31 heavy (non-hydrogen) atoms. The molecular weight excluding hydrogens is 410 g/mol. The number of anilines is 1. The number of carbonyl (C=O) groups excluding carboxylic acids is 1. The smallest absolute Gasteiger partial charge is 0.246 e. The van der Waals surface area contributed by atoms with E-state index < -0.39 is 16.1 Å². The fourth-order valence-electron chi connectivity index (χ4n) is 3.81. The van der Waals surface area contributed by atoms with Crippen molar-refractivity contribution in [1.29, 1.82) is 0 Å². The van der Waals surface area contributed by atoms with Crippen molar-refractivity contribution in [3.63, 3.8) is 0 Å². The Balaban J connectivity index is 1.59. The summed E-state index contributed by atoms with van der Waals surface area (Å²) in [5.74, 6) is -0.162. The van der Waals surface area contributed by atoms with Gasteiger partial charge in [-0.15, -0.1) is 0 Å². The number of hydrogen-bond donors (Lipinski definition) is 0. The van der Waals surface area contributed by atoms with Gasteiger partial charge in [-0.3, -0.25) is 14.0 Å². The Kier molecular flexibility index (Phi) is 7.51. The first-order valence-electron chi connectivity index (χ1n) is 10.5. The summed E-state index contributed by atoms with van der Waals surface area (Å²) >= 11 is 0. The number of nitrogens with zero attached hydrogens (tertiary/aromatic N) is 3. The van der Waals surface area contributed by atoms with Crippen LogP contribution >= 0.6 is 0 Å². The van der Waals surface area contributed by atoms with Gasteiger partial charge in [0.1, 0.15) is 6.04 Å². The van der Waals surface area contributed by atoms with Crippen LogP contribution in [0.4, 0.5) is 5.69 Å². The second-order valence-corrected chi connectivity index (χ2v) is 9.87. The summed E-state index contributed by atoms with van der Waals surface area (Å²) in [5, 5.41) is 0. The van der Waals surface area contributed by atoms with Crippen LogP contribution in [0.1, 0.15) is 18.1 Å². The summed E-state index contributed by atoms with van der Waals surface area (Å²) in [6, 6.07) is 16.6. The second kappa shape index (κ2) is 10.1. The molecule has 3 rings (SSSR count). The summed E-state index contributed by atoms with van der Waals surface area (Å²) in [7, 11) is -3.60. The van der Waals surface area contributed by atoms with Gasteiger partial charge in [-0.05, 0) is 31.5 Å². The molecule has 0 radical (unpaired) electrons. The largest absolute Gasteiger partial charge is 0.338 e. The highest BCUT2D eigenvalue weighted by atomic mass is 32.2. The van der Waals surface area contributed by atoms with Crippen LogP contribution in [-0.4, -0.2) is 69.1 Å². The van der Waals surface area contributed by atoms with Crippen LogP contribution in [0.5, 0.6) is 0 Å². The van der Waals surface area contributed by atoms with Crippen LogP contribution in [0.2, 0.25) is 0 Å². The van der Waals surface area contributed by atoms with Crippen LogP contribution < -0.4 is 4.31 Å². The first kappa shape index (κ1) is 23.0. The first-order chi connectivity index (χ1) is 14.8. The zero-order valence-electron chi connectivity index (χ0n) is 18.4. The SMILES string of the molecule is Cc1ccc(N([C@@H](C)C(=O)N2CCN(C/C=C/c3ccccc3)CC2)S(C)(=O)=O)cc1. The molecule has 1 heterocycles. The van der Waals surface area contributed by atoms with Crippen LogP contribution in [0.15, 0.2) is 60.7 Å². The number of aryl methyl sites for hydroxylation is 1. The van der Waals surface area contributed by atoms with Crippen molar-refractivity contribution in [2.24, 2.45) is 0 Å². The average Bonchev–Trinajstić information content (AvgIpc) is 2.75. The summed E-state index contributed by atoms with van der Waals surface area (Å²) in [6.45, 7) is 7.14. The molecule has 0 spiro atoms. The third-order valence-corrected chi connectivity index (χ3v) is 6.75. The Morgan fingerprint density at radius 2 is 1.65 bits per heavy atom. The Hall–Kier alpha value is -2.64. The molecule has 0 unspecified atom stereocenters. The molecule has 2 aromatic carbocycles. The highest BCUT2D eigenvalue weighted by molar-refractivity contribution is 7.92. The van der Waals surface area contributed by atoms with E-state index in [2.05, 4.69) is 29.2 Å². The predicted molar refractivity (Wildman–Crippen MR) is 126 cm³/mol. The maximum atomic E-state index is 13.1. The third kappa shape index (κ3) is 6.18. The van der Waals surface area contributed by atoms with Gasteiger partial charge in [0.05, 0.1) is 11.9 Å². The lowest BCUT2D eigenvalue weighted by Gasteiger charge is -2.37. The van der Waals surface area contributed by atoms with E-state index in [1.807, 2.05) is 37.3 Å². The van der Waals surface area contributed by atoms with Gasteiger partial charge in [-0.25, -0.2) is 8.42 Å². The van der Waals surface area contributed by atoms with Crippen molar-refractivity contribution >= 4 is 27.7 Å². The minimum atomic E-state index is -3.60. The Morgan fingerprint density at radius 3 is 2.23 bits per heavy atom. The number of sulfonamides is 1. The third-order valence-electron chi connectivity index (χ3n) is 5.51. The minimum absolute atomic E-state index is 0.162. The number of carbonyl (C=O) groups is 1. The minimum Gasteiger partial charge on any atom is -0.338 e. The van der Waals surface area contributed by atoms with Crippen LogP contribution in [0.3, 0.4) is 0 Å². The number of benzene rings is 2. The van der Waals surface area contributed by atoms with Crippen molar-refractivity contribution in [3.05, 3.63) is 71.8 Å². The molecule has 1 aliphatic rings. The zero-order valence-corrected chi connectivity index (χ0v) is 19.3. The molecule has 1 atom stereocenters. The fraction of sp³-hybridized carbons (Fsp3) is 0.375. The summed E-state index contributed by atoms with van der Waals surface area (Å²) in [6.07, 6.45) is 5.39. The quantitative estimate of drug-likeness (QED) is 0.663. The van der Waals surface area contributed by atoms with Gasteiger partial charge in [-0.2, -0.15) is 0 Å². The normalized spacial score (nSPS) is 16.4. The van der Waals surface area contributed by atoms with Gasteiger partial charge in [0, 0.05) is 32.7 Å². The van der Waals surface area contributed by atoms with Gasteiger partial charge in [0.2, 0.25) is 15.9 Å². The number of rotatable bonds is 7. The maximum Gasteiger partial charge on any atom is 0.246 e. The van der Waals surface area contributed by atoms with Gasteiger partial charge in [-0.1, -0.05) is 60.2 Å². The fourth-order valence-corrected chi connectivity index (χ4v) is 4.98. The van der Waals surface area contributed by atoms with Crippen molar-refractivity contribution in [2.45, 2.75) is 19.9 Å². The first-order valence-corrected chi connectivity index (χ1v) is 12.4. The lowest BCUT2D eigenvalue weighted by atomic mass is 10.2. The topological polar surface area (TPSA) is 60.9 Å². The van der Waals surface area contributed by atoms with Crippen molar-refractivity contribution in [1.82, 2.24) is 9.80 Å². The van der Waals surface area contributed by atoms with E-state index in [9.17, 15) is 13.2 Å². The average molecular weight is 442 g/mol. The molecule has 0 bridgehead atoms. The molecule has 0 aromatic heterocycles. The molecule has 7 heteroatoms. The molecule has 1 aliphatic heterocycles. The number of piperazine rings is 1. The van der Waals surface area contributed by atoms with E-state index in [4.69, 9.17) is 0 Å². The van der Waals surface area contributed by atoms with Crippen molar-refractivity contribution < 1.29 is 13.2 Å². The van der Waals surface area contributed by atoms with Crippen molar-refractivity contribution in [2.75, 3.05) is 43.3 Å². The van der Waals surface area contributed by atoms with Crippen LogP contribution in [0, 0.1) is 6.92 Å². The molecular formula is C24H31N3O3S. The van der Waals surface area contributed by atoms with Gasteiger partial charge < -0.3 is 4.90 Å². The van der Waals surface area contributed by atoms with Crippen LogP contribution in [-0.2, 0) is 14.8 Å². The molecule has 6 nitrogen and oxygen atoms in total. The van der Waals surface area contributed by atoms with Crippen molar-refractivity contribution in [3.8, 4) is 0 Å². The van der Waals surface area contributed by atoms with Gasteiger partial charge >= 0.3 is 0 Å². The molecule has 0 aliphatic carbocycles. The van der Waals surface area contributed by atoms with Gasteiger partial charge in [0.25, 0.3) is 0 Å². The van der Waals surface area contributed by atoms with E-state index in [0.717, 1.165) is 31.5 Å². The highest BCUT2D eigenvalue weighted by Crippen LogP contribution is 2.22. The van der Waals surface area contributed by atoms with E-state index in [-0.39, 0.29) is 5.91 Å². The summed E-state index contributed by atoms with van der Waals surface area (Å²) in [4.78, 5) is 17.2. The number of amides is 1. The van der Waals surface area contributed by atoms with Crippen LogP contribution in [0.25, 0.3) is 6.08 Å². The standard InChI is InChI=1S/C24H31N3O3S/c1-20-11-13-23(14-12-20)27(31(3,29)30)21(2)24(28)26-18-16-25(17-19-26)15-7-10-22-8-5-4-6-9-22/h4-14,21H,15-19H2,1-3H3/b10-7+/t21-/m0/s1. The summed E-state index contributed by atoms with van der Waals surface area (Å²) in [5.41, 5.74) is 2.72. The van der Waals surface area contributed by atoms with Gasteiger partial charge in [0.15, 0.2) is 0 Å². The summed E-state index contributed by atoms with van der Waals surface area (Å²) < 4.78 is 26.2. The lowest BCUT2D eigenvalue weighted by molar-refractivity contribution is -0.133. The Bertz CT molecular complexity index is 996. The molecule has 1 saturated heterocycles. The van der Waals surface area contributed by atoms with E-state index >= 15 is 0 Å².